The zero-order valence-electron chi connectivity index (χ0n) is 12.9. The summed E-state index contributed by atoms with van der Waals surface area (Å²) in [6.45, 7) is 1.99. The summed E-state index contributed by atoms with van der Waals surface area (Å²) in [4.78, 5) is 18.1. The Bertz CT molecular complexity index is 746. The molecule has 1 atom stereocenters. The lowest BCUT2D eigenvalue weighted by Gasteiger charge is -2.22. The number of aromatic nitrogens is 1. The van der Waals surface area contributed by atoms with Crippen LogP contribution in [0.1, 0.15) is 18.1 Å². The molecule has 0 fully saturated rings. The molecular weight excluding hydrogens is 337 g/mol. The smallest absolute Gasteiger partial charge is 0.308 e. The zero-order chi connectivity index (χ0) is 17.3. The second-order valence-electron chi connectivity index (χ2n) is 5.62. The van der Waals surface area contributed by atoms with Crippen molar-refractivity contribution in [2.75, 3.05) is 10.7 Å². The molecule has 0 spiro atoms. The minimum Gasteiger partial charge on any atom is -0.308 e. The first-order valence-corrected chi connectivity index (χ1v) is 8.41. The first-order valence-electron chi connectivity index (χ1n) is 7.42. The number of pyridine rings is 1. The lowest BCUT2D eigenvalue weighted by atomic mass is 10.1. The molecule has 1 aliphatic heterocycles. The fourth-order valence-corrected chi connectivity index (χ4v) is 3.49. The van der Waals surface area contributed by atoms with E-state index in [1.807, 2.05) is 31.2 Å². The summed E-state index contributed by atoms with van der Waals surface area (Å²) in [5.74, 6) is 0.0657. The Morgan fingerprint density at radius 1 is 1.29 bits per heavy atom. The van der Waals surface area contributed by atoms with Crippen molar-refractivity contribution in [3.05, 3.63) is 53.7 Å². The van der Waals surface area contributed by atoms with Crippen LogP contribution in [0, 0.1) is 0 Å². The van der Waals surface area contributed by atoms with Crippen molar-refractivity contribution < 1.29 is 18.0 Å². The third-order valence-corrected chi connectivity index (χ3v) is 4.81. The average molecular weight is 352 g/mol. The molecule has 0 saturated heterocycles. The van der Waals surface area contributed by atoms with Crippen molar-refractivity contribution in [1.29, 1.82) is 0 Å². The van der Waals surface area contributed by atoms with Gasteiger partial charge in [0, 0.05) is 17.9 Å². The van der Waals surface area contributed by atoms with E-state index in [4.69, 9.17) is 0 Å². The predicted octanol–water partition coefficient (Wildman–Crippen LogP) is 4.17. The van der Waals surface area contributed by atoms with Crippen LogP contribution in [0.25, 0.3) is 0 Å². The molecule has 0 aliphatic carbocycles. The first kappa shape index (κ1) is 16.8. The summed E-state index contributed by atoms with van der Waals surface area (Å²) in [6, 6.07) is 10.1. The van der Waals surface area contributed by atoms with E-state index < -0.39 is 11.7 Å². The fourth-order valence-electron chi connectivity index (χ4n) is 2.78. The lowest BCUT2D eigenvalue weighted by Crippen LogP contribution is -2.36. The molecule has 2 aromatic rings. The van der Waals surface area contributed by atoms with E-state index in [0.29, 0.717) is 5.03 Å². The monoisotopic (exact) mass is 352 g/mol. The third-order valence-electron chi connectivity index (χ3n) is 3.88. The molecule has 1 unspecified atom stereocenters. The summed E-state index contributed by atoms with van der Waals surface area (Å²) in [6.07, 6.45) is -2.80. The van der Waals surface area contributed by atoms with Gasteiger partial charge in [0.25, 0.3) is 0 Å². The van der Waals surface area contributed by atoms with E-state index in [9.17, 15) is 18.0 Å². The van der Waals surface area contributed by atoms with Gasteiger partial charge in [-0.25, -0.2) is 4.98 Å². The van der Waals surface area contributed by atoms with Crippen LogP contribution in [0.15, 0.2) is 47.6 Å². The van der Waals surface area contributed by atoms with E-state index in [0.717, 1.165) is 41.7 Å². The van der Waals surface area contributed by atoms with Crippen LogP contribution < -0.4 is 4.90 Å². The first-order chi connectivity index (χ1) is 11.4. The Hall–Kier alpha value is -2.02. The standard InChI is InChI=1S/C17H15F3N2OS/c1-11-8-12-4-2-3-5-14(12)22(11)16(23)10-24-15-7-6-13(9-21-15)17(18,19)20/h2-7,9,11H,8,10H2,1H3. The molecule has 0 N–H and O–H groups in total. The molecule has 2 heterocycles. The SMILES string of the molecule is CC1Cc2ccccc2N1C(=O)CSc1ccc(C(F)(F)F)cn1. The van der Waals surface area contributed by atoms with Crippen molar-refractivity contribution >= 4 is 23.4 Å². The molecule has 24 heavy (non-hydrogen) atoms. The third kappa shape index (κ3) is 3.40. The molecule has 7 heteroatoms. The number of nitrogens with zero attached hydrogens (tertiary/aromatic N) is 2. The maximum atomic E-state index is 12.5. The Kier molecular flexibility index (Phi) is 4.54. The quantitative estimate of drug-likeness (QED) is 0.778. The van der Waals surface area contributed by atoms with Gasteiger partial charge in [-0.3, -0.25) is 4.79 Å². The van der Waals surface area contributed by atoms with E-state index >= 15 is 0 Å². The molecular formula is C17H15F3N2OS. The van der Waals surface area contributed by atoms with Crippen LogP contribution in [0.5, 0.6) is 0 Å². The number of para-hydroxylation sites is 1. The van der Waals surface area contributed by atoms with Gasteiger partial charge >= 0.3 is 6.18 Å². The highest BCUT2D eigenvalue weighted by Crippen LogP contribution is 2.33. The highest BCUT2D eigenvalue weighted by molar-refractivity contribution is 7.99. The Labute approximate surface area is 141 Å². The number of rotatable bonds is 3. The van der Waals surface area contributed by atoms with Gasteiger partial charge in [-0.2, -0.15) is 13.2 Å². The van der Waals surface area contributed by atoms with Crippen LogP contribution in [-0.2, 0) is 17.4 Å². The number of fused-ring (bicyclic) bond motifs is 1. The normalized spacial score (nSPS) is 17.0. The molecule has 3 rings (SSSR count). The van der Waals surface area contributed by atoms with Gasteiger partial charge in [0.2, 0.25) is 5.91 Å². The van der Waals surface area contributed by atoms with E-state index in [2.05, 4.69) is 4.98 Å². The second-order valence-corrected chi connectivity index (χ2v) is 6.61. The number of hydrogen-bond acceptors (Lipinski definition) is 3. The summed E-state index contributed by atoms with van der Waals surface area (Å²) in [7, 11) is 0. The summed E-state index contributed by atoms with van der Waals surface area (Å²) in [5, 5.41) is 0.400. The minimum atomic E-state index is -4.40. The predicted molar refractivity (Wildman–Crippen MR) is 87.1 cm³/mol. The lowest BCUT2D eigenvalue weighted by molar-refractivity contribution is -0.137. The zero-order valence-corrected chi connectivity index (χ0v) is 13.7. The van der Waals surface area contributed by atoms with Crippen molar-refractivity contribution in [2.45, 2.75) is 30.6 Å². The van der Waals surface area contributed by atoms with E-state index in [1.54, 1.807) is 4.90 Å². The molecule has 126 valence electrons. The van der Waals surface area contributed by atoms with Gasteiger partial charge in [-0.05, 0) is 37.1 Å². The van der Waals surface area contributed by atoms with Gasteiger partial charge in [-0.1, -0.05) is 30.0 Å². The van der Waals surface area contributed by atoms with E-state index in [-0.39, 0.29) is 17.7 Å². The topological polar surface area (TPSA) is 33.2 Å². The molecule has 0 saturated carbocycles. The number of benzene rings is 1. The summed E-state index contributed by atoms with van der Waals surface area (Å²) < 4.78 is 37.5. The molecule has 0 radical (unpaired) electrons. The van der Waals surface area contributed by atoms with Gasteiger partial charge in [0.05, 0.1) is 16.3 Å². The van der Waals surface area contributed by atoms with Crippen molar-refractivity contribution in [3.8, 4) is 0 Å². The maximum absolute atomic E-state index is 12.5. The van der Waals surface area contributed by atoms with Crippen LogP contribution in [0.3, 0.4) is 0 Å². The van der Waals surface area contributed by atoms with Gasteiger partial charge < -0.3 is 4.90 Å². The van der Waals surface area contributed by atoms with Gasteiger partial charge in [0.15, 0.2) is 0 Å². The summed E-state index contributed by atoms with van der Waals surface area (Å²) in [5.41, 5.74) is 1.26. The molecule has 1 amide bonds. The highest BCUT2D eigenvalue weighted by Gasteiger charge is 2.31. The summed E-state index contributed by atoms with van der Waals surface area (Å²) >= 11 is 1.14. The fraction of sp³-hybridized carbons (Fsp3) is 0.294. The molecule has 1 aromatic heterocycles. The van der Waals surface area contributed by atoms with Crippen molar-refractivity contribution in [3.63, 3.8) is 0 Å². The average Bonchev–Trinajstić information content (AvgIpc) is 2.88. The number of hydrogen-bond donors (Lipinski definition) is 0. The second kappa shape index (κ2) is 6.47. The maximum Gasteiger partial charge on any atom is 0.417 e. The van der Waals surface area contributed by atoms with Gasteiger partial charge in [0.1, 0.15) is 0 Å². The van der Waals surface area contributed by atoms with Crippen LogP contribution in [0.2, 0.25) is 0 Å². The molecule has 1 aliphatic rings. The Morgan fingerprint density at radius 3 is 2.71 bits per heavy atom. The van der Waals surface area contributed by atoms with Crippen LogP contribution >= 0.6 is 11.8 Å². The van der Waals surface area contributed by atoms with Crippen LogP contribution in [0.4, 0.5) is 18.9 Å². The highest BCUT2D eigenvalue weighted by atomic mass is 32.2. The molecule has 1 aromatic carbocycles. The number of alkyl halides is 3. The number of thioether (sulfide) groups is 1. The Morgan fingerprint density at radius 2 is 2.04 bits per heavy atom. The van der Waals surface area contributed by atoms with E-state index in [1.165, 1.54) is 6.07 Å². The van der Waals surface area contributed by atoms with Gasteiger partial charge in [-0.15, -0.1) is 0 Å². The number of carbonyl (C=O) groups is 1. The molecule has 3 nitrogen and oxygen atoms in total. The molecule has 0 bridgehead atoms. The number of carbonyl (C=O) groups excluding carboxylic acids is 1. The number of amides is 1. The van der Waals surface area contributed by atoms with Crippen molar-refractivity contribution in [2.24, 2.45) is 0 Å². The van der Waals surface area contributed by atoms with Crippen LogP contribution in [-0.4, -0.2) is 22.7 Å². The number of anilines is 1. The van der Waals surface area contributed by atoms with Crippen molar-refractivity contribution in [1.82, 2.24) is 4.98 Å². The Balaban J connectivity index is 1.66. The number of halogens is 3. The minimum absolute atomic E-state index is 0.0702. The largest absolute Gasteiger partial charge is 0.417 e.